The van der Waals surface area contributed by atoms with Crippen LogP contribution in [-0.2, 0) is 24.8 Å². The number of nitrogens with zero attached hydrogens (tertiary/aromatic N) is 3. The van der Waals surface area contributed by atoms with Gasteiger partial charge in [0.05, 0.1) is 18.0 Å². The number of sulfonamides is 2. The molecule has 1 amide bonds. The summed E-state index contributed by atoms with van der Waals surface area (Å²) in [6.45, 7) is 4.34. The van der Waals surface area contributed by atoms with Crippen molar-refractivity contribution in [2.24, 2.45) is 10.3 Å². The van der Waals surface area contributed by atoms with Crippen molar-refractivity contribution < 1.29 is 26.7 Å². The smallest absolute Gasteiger partial charge is 0.286 e. The summed E-state index contributed by atoms with van der Waals surface area (Å²) < 4.78 is 55.8. The molecule has 0 aromatic heterocycles. The third kappa shape index (κ3) is 4.94. The third-order valence-electron chi connectivity index (χ3n) is 7.68. The summed E-state index contributed by atoms with van der Waals surface area (Å²) in [6, 6.07) is 3.94. The third-order valence-corrected chi connectivity index (χ3v) is 9.60. The molecule has 2 fully saturated rings. The van der Waals surface area contributed by atoms with Crippen LogP contribution in [0.2, 0.25) is 0 Å². The Morgan fingerprint density at radius 2 is 1.95 bits per heavy atom. The number of hydrazine groups is 1. The quantitative estimate of drug-likeness (QED) is 0.429. The molecule has 4 aliphatic rings. The van der Waals surface area contributed by atoms with Crippen molar-refractivity contribution in [2.45, 2.75) is 68.3 Å². The number of rotatable bonds is 7. The van der Waals surface area contributed by atoms with Gasteiger partial charge in [0.1, 0.15) is 16.2 Å². The summed E-state index contributed by atoms with van der Waals surface area (Å²) in [7, 11) is -7.94. The Labute approximate surface area is 223 Å². The minimum Gasteiger partial charge on any atom is -0.511 e. The van der Waals surface area contributed by atoms with E-state index in [2.05, 4.69) is 21.0 Å². The van der Waals surface area contributed by atoms with Gasteiger partial charge >= 0.3 is 0 Å². The van der Waals surface area contributed by atoms with Crippen LogP contribution in [0.15, 0.2) is 51.5 Å². The molecule has 38 heavy (non-hydrogen) atoms. The zero-order valence-corrected chi connectivity index (χ0v) is 22.9. The topological polar surface area (TPSA) is 148 Å². The number of aliphatic hydroxyl groups excluding tert-OH is 1. The number of anilines is 2. The molecule has 0 saturated heterocycles. The molecule has 2 aliphatic heterocycles. The van der Waals surface area contributed by atoms with Gasteiger partial charge in [-0.3, -0.25) is 14.5 Å². The normalized spacial score (nSPS) is 25.5. The molecule has 2 saturated carbocycles. The van der Waals surface area contributed by atoms with Crippen LogP contribution >= 0.6 is 0 Å². The maximum Gasteiger partial charge on any atom is 0.286 e. The maximum atomic E-state index is 14.1. The number of carbonyl (C=O) groups is 1. The van der Waals surface area contributed by atoms with E-state index in [1.54, 1.807) is 11.1 Å². The first-order chi connectivity index (χ1) is 18.0. The molecule has 0 radical (unpaired) electrons. The monoisotopic (exact) mass is 563 g/mol. The second kappa shape index (κ2) is 10.0. The molecule has 11 nitrogen and oxygen atoms in total. The number of fused-ring (bicyclic) bond motifs is 2. The predicted molar refractivity (Wildman–Crippen MR) is 145 cm³/mol. The summed E-state index contributed by atoms with van der Waals surface area (Å²) in [5.74, 6) is -1.19. The molecule has 1 aromatic rings. The number of amidine groups is 1. The number of aliphatic hydroxyl groups is 1. The van der Waals surface area contributed by atoms with E-state index in [-0.39, 0.29) is 51.4 Å². The number of hydrogen-bond donors (Lipinski definition) is 3. The van der Waals surface area contributed by atoms with Crippen LogP contribution in [0.3, 0.4) is 0 Å². The number of benzene rings is 1. The van der Waals surface area contributed by atoms with Crippen LogP contribution in [0.25, 0.3) is 0 Å². The first-order valence-corrected chi connectivity index (χ1v) is 16.2. The van der Waals surface area contributed by atoms with Crippen molar-refractivity contribution >= 4 is 43.2 Å². The zero-order valence-electron chi connectivity index (χ0n) is 21.3. The van der Waals surface area contributed by atoms with Gasteiger partial charge in [0.25, 0.3) is 15.9 Å². The fraction of sp³-hybridized carbons (Fsp3) is 0.520. The Kier molecular flexibility index (Phi) is 7.03. The van der Waals surface area contributed by atoms with Crippen LogP contribution in [0, 0.1) is 5.92 Å². The minimum atomic E-state index is -4.31. The Morgan fingerprint density at radius 1 is 1.21 bits per heavy atom. The summed E-state index contributed by atoms with van der Waals surface area (Å²) in [4.78, 5) is 13.9. The van der Waals surface area contributed by atoms with Gasteiger partial charge in [-0.2, -0.15) is 8.42 Å². The van der Waals surface area contributed by atoms with Crippen molar-refractivity contribution in [3.63, 3.8) is 0 Å². The molecule has 2 heterocycles. The predicted octanol–water partition coefficient (Wildman–Crippen LogP) is 3.13. The Balaban J connectivity index is 1.58. The van der Waals surface area contributed by atoms with Crippen LogP contribution < -0.4 is 10.0 Å². The standard InChI is InChI=1S/C25H33N5O6S2/c1-3-14-29(17-8-7-9-17)30-20-11-6-4-5-10-18(20)23(31)22(25(30)32)24-26-19-13-12-16(27-37(2,33)34)15-21(19)38(35,36)28-24/h3,12-13,15,17-18,20,27,31H,1,4-11,14H2,2H3,(H,26,28). The molecule has 3 N–H and O–H groups in total. The van der Waals surface area contributed by atoms with Crippen LogP contribution in [0.5, 0.6) is 0 Å². The highest BCUT2D eigenvalue weighted by Crippen LogP contribution is 2.42. The summed E-state index contributed by atoms with van der Waals surface area (Å²) >= 11 is 0. The SMILES string of the molecule is C=CCN(C1CCC1)N1C(=O)C(C2=NS(=O)(=O)c3cc(NS(C)(=O)=O)ccc3N2)=C(O)C2CCCCCC21. The lowest BCUT2D eigenvalue weighted by Gasteiger charge is -2.50. The molecule has 2 unspecified atom stereocenters. The largest absolute Gasteiger partial charge is 0.511 e. The van der Waals surface area contributed by atoms with E-state index in [1.807, 2.05) is 5.01 Å². The van der Waals surface area contributed by atoms with E-state index in [1.165, 1.54) is 18.2 Å². The number of hydrogen-bond acceptors (Lipinski definition) is 8. The molecule has 5 rings (SSSR count). The van der Waals surface area contributed by atoms with Gasteiger partial charge in [-0.25, -0.2) is 13.4 Å². The minimum absolute atomic E-state index is 0.0686. The van der Waals surface area contributed by atoms with Gasteiger partial charge in [-0.1, -0.05) is 31.8 Å². The Morgan fingerprint density at radius 3 is 2.61 bits per heavy atom. The van der Waals surface area contributed by atoms with Gasteiger partial charge in [-0.05, 0) is 43.9 Å². The average Bonchev–Trinajstić information content (AvgIpc) is 3.03. The highest BCUT2D eigenvalue weighted by molar-refractivity contribution is 7.92. The molecule has 2 aliphatic carbocycles. The van der Waals surface area contributed by atoms with Gasteiger partial charge in [0, 0.05) is 24.2 Å². The van der Waals surface area contributed by atoms with Crippen molar-refractivity contribution in [1.29, 1.82) is 0 Å². The summed E-state index contributed by atoms with van der Waals surface area (Å²) in [5.41, 5.74) is 0.0619. The molecular weight excluding hydrogens is 530 g/mol. The van der Waals surface area contributed by atoms with Gasteiger partial charge in [0.2, 0.25) is 10.0 Å². The highest BCUT2D eigenvalue weighted by atomic mass is 32.2. The van der Waals surface area contributed by atoms with Crippen LogP contribution in [0.1, 0.15) is 51.4 Å². The average molecular weight is 564 g/mol. The lowest BCUT2D eigenvalue weighted by molar-refractivity contribution is -0.166. The van der Waals surface area contributed by atoms with E-state index >= 15 is 0 Å². The fourth-order valence-corrected chi connectivity index (χ4v) is 7.47. The first-order valence-electron chi connectivity index (χ1n) is 12.9. The molecule has 2 atom stereocenters. The van der Waals surface area contributed by atoms with Gasteiger partial charge in [-0.15, -0.1) is 11.0 Å². The van der Waals surface area contributed by atoms with E-state index in [0.717, 1.165) is 51.2 Å². The summed E-state index contributed by atoms with van der Waals surface area (Å²) in [6.07, 6.45) is 9.93. The molecule has 206 valence electrons. The summed E-state index contributed by atoms with van der Waals surface area (Å²) in [5, 5.41) is 18.1. The number of nitrogens with one attached hydrogen (secondary N) is 2. The Bertz CT molecular complexity index is 1430. The van der Waals surface area contributed by atoms with Crippen LogP contribution in [0.4, 0.5) is 11.4 Å². The van der Waals surface area contributed by atoms with Gasteiger partial charge in [0.15, 0.2) is 5.84 Å². The Hall–Kier alpha value is -2.90. The van der Waals surface area contributed by atoms with E-state index < -0.39 is 26.0 Å². The number of amides is 1. The van der Waals surface area contributed by atoms with E-state index in [4.69, 9.17) is 0 Å². The molecule has 1 aromatic carbocycles. The molecule has 0 bridgehead atoms. The number of carbonyl (C=O) groups excluding carboxylic acids is 1. The molecule has 13 heteroatoms. The fourth-order valence-electron chi connectivity index (χ4n) is 5.76. The van der Waals surface area contributed by atoms with E-state index in [0.29, 0.717) is 13.0 Å². The highest BCUT2D eigenvalue weighted by Gasteiger charge is 2.48. The maximum absolute atomic E-state index is 14.1. The second-order valence-electron chi connectivity index (χ2n) is 10.3. The zero-order chi connectivity index (χ0) is 27.2. The van der Waals surface area contributed by atoms with Crippen molar-refractivity contribution in [1.82, 2.24) is 10.0 Å². The van der Waals surface area contributed by atoms with Crippen molar-refractivity contribution in [2.75, 3.05) is 22.8 Å². The van der Waals surface area contributed by atoms with Crippen molar-refractivity contribution in [3.8, 4) is 0 Å². The molecule has 0 spiro atoms. The van der Waals surface area contributed by atoms with E-state index in [9.17, 15) is 26.7 Å². The molecular formula is C25H33N5O6S2. The van der Waals surface area contributed by atoms with Crippen molar-refractivity contribution in [3.05, 3.63) is 42.2 Å². The van der Waals surface area contributed by atoms with Gasteiger partial charge < -0.3 is 10.4 Å². The second-order valence-corrected chi connectivity index (χ2v) is 13.7. The lowest BCUT2D eigenvalue weighted by Crippen LogP contribution is -2.62. The van der Waals surface area contributed by atoms with Crippen LogP contribution in [-0.4, -0.2) is 68.6 Å². The lowest BCUT2D eigenvalue weighted by atomic mass is 9.84. The first kappa shape index (κ1) is 26.7.